The van der Waals surface area contributed by atoms with Crippen LogP contribution in [0.15, 0.2) is 151 Å². The van der Waals surface area contributed by atoms with Gasteiger partial charge in [-0.25, -0.2) is 31.1 Å². The Morgan fingerprint density at radius 1 is 0.826 bits per heavy atom. The first-order chi connectivity index (χ1) is 33.8. The van der Waals surface area contributed by atoms with Gasteiger partial charge in [0, 0.05) is 18.4 Å². The number of imidazole rings is 1. The molecule has 8 rings (SSSR count). The van der Waals surface area contributed by atoms with Crippen molar-refractivity contribution in [2.45, 2.75) is 35.5 Å². The Bertz CT molecular complexity index is 2780. The van der Waals surface area contributed by atoms with Crippen molar-refractivity contribution >= 4 is 52.3 Å². The molecule has 2 unspecified atom stereocenters. The minimum absolute atomic E-state index is 0.00199. The van der Waals surface area contributed by atoms with Gasteiger partial charge in [0.15, 0.2) is 23.6 Å². The van der Waals surface area contributed by atoms with Crippen molar-refractivity contribution in [3.8, 4) is 17.2 Å². The third kappa shape index (κ3) is 12.3. The number of para-hydroxylation sites is 1. The van der Waals surface area contributed by atoms with Crippen LogP contribution in [0.3, 0.4) is 0 Å². The van der Waals surface area contributed by atoms with E-state index in [-0.39, 0.29) is 45.2 Å². The predicted octanol–water partition coefficient (Wildman–Crippen LogP) is 9.44. The van der Waals surface area contributed by atoms with Crippen molar-refractivity contribution < 1.29 is 46.6 Å². The smallest absolute Gasteiger partial charge is 0.475 e. The Morgan fingerprint density at radius 3 is 2.16 bits per heavy atom. The van der Waals surface area contributed by atoms with Crippen LogP contribution >= 0.6 is 29.4 Å². The lowest BCUT2D eigenvalue weighted by atomic mass is 9.80. The minimum atomic E-state index is -4.36. The van der Waals surface area contributed by atoms with Gasteiger partial charge in [-0.1, -0.05) is 89.7 Å². The van der Waals surface area contributed by atoms with Crippen LogP contribution in [-0.4, -0.2) is 95.6 Å². The monoisotopic (exact) mass is 989 g/mol. The number of rotatable bonds is 24. The molecule has 4 aromatic carbocycles. The number of pyridine rings is 1. The van der Waals surface area contributed by atoms with Crippen molar-refractivity contribution in [1.29, 1.82) is 0 Å². The Balaban J connectivity index is 1.11. The highest BCUT2D eigenvalue weighted by molar-refractivity contribution is 8.76. The van der Waals surface area contributed by atoms with E-state index in [0.717, 1.165) is 21.7 Å². The molecule has 1 saturated heterocycles. The minimum Gasteiger partial charge on any atom is -0.497 e. The number of phosphoric acid groups is 1. The average Bonchev–Trinajstić information content (AvgIpc) is 4.01. The quantitative estimate of drug-likeness (QED) is 0.0199. The van der Waals surface area contributed by atoms with Gasteiger partial charge in [-0.3, -0.25) is 22.9 Å². The number of phosphoric ester groups is 1. The summed E-state index contributed by atoms with van der Waals surface area (Å²) in [5, 5.41) is 3.59. The van der Waals surface area contributed by atoms with Crippen molar-refractivity contribution in [2.24, 2.45) is 0 Å². The Kier molecular flexibility index (Phi) is 16.9. The van der Waals surface area contributed by atoms with Crippen LogP contribution in [0, 0.1) is 6.57 Å². The summed E-state index contributed by atoms with van der Waals surface area (Å²) >= 11 is 0. The fourth-order valence-electron chi connectivity index (χ4n) is 7.55. The van der Waals surface area contributed by atoms with Crippen LogP contribution in [-0.2, 0) is 38.0 Å². The SMILES string of the molecule is [C-]#[N+]CCOP(=O)(OCCSSc1ccccn1)OC1C[C@H](n2cnc3c(NC(=O)COc4ccccc4)ncnc32)O[C@@H]1COC(c1ccccc1)(c1ccc(OC)cc1)c1ccc(OC)cc1. The molecule has 1 aliphatic rings. The molecule has 1 N–H and O–H groups in total. The number of aromatic nitrogens is 5. The lowest BCUT2D eigenvalue weighted by Crippen LogP contribution is -2.38. The summed E-state index contributed by atoms with van der Waals surface area (Å²) in [5.41, 5.74) is 1.78. The van der Waals surface area contributed by atoms with E-state index in [9.17, 15) is 9.36 Å². The van der Waals surface area contributed by atoms with Crippen molar-refractivity contribution in [3.63, 3.8) is 0 Å². The van der Waals surface area contributed by atoms with Gasteiger partial charge in [-0.05, 0) is 76.0 Å². The van der Waals surface area contributed by atoms with Crippen molar-refractivity contribution in [3.05, 3.63) is 174 Å². The first kappa shape index (κ1) is 49.1. The summed E-state index contributed by atoms with van der Waals surface area (Å²) in [6, 6.07) is 39.7. The Morgan fingerprint density at radius 2 is 1.49 bits per heavy atom. The van der Waals surface area contributed by atoms with Gasteiger partial charge in [-0.2, -0.15) is 0 Å². The molecule has 0 radical (unpaired) electrons. The van der Waals surface area contributed by atoms with E-state index in [1.165, 1.54) is 34.2 Å². The number of methoxy groups -OCH3 is 2. The van der Waals surface area contributed by atoms with E-state index in [1.54, 1.807) is 37.1 Å². The van der Waals surface area contributed by atoms with E-state index < -0.39 is 37.8 Å². The van der Waals surface area contributed by atoms with Crippen LogP contribution < -0.4 is 19.5 Å². The summed E-state index contributed by atoms with van der Waals surface area (Å²) in [5.74, 6) is 2.00. The maximum absolute atomic E-state index is 14.7. The topological polar surface area (TPSA) is 181 Å². The van der Waals surface area contributed by atoms with Crippen LogP contribution in [0.4, 0.5) is 5.82 Å². The highest BCUT2D eigenvalue weighted by Crippen LogP contribution is 2.54. The molecule has 7 aromatic rings. The second-order valence-electron chi connectivity index (χ2n) is 15.1. The second-order valence-corrected chi connectivity index (χ2v) is 19.1. The number of hydrogen-bond acceptors (Lipinski definition) is 16. The van der Waals surface area contributed by atoms with E-state index >= 15 is 0 Å². The summed E-state index contributed by atoms with van der Waals surface area (Å²) in [7, 11) is 1.77. The standard InChI is InChI=1S/C49H48N7O10PS2/c1-50-26-27-63-67(58,64-28-29-68-69-44-16-10-11-25-51-44)66-41-30-45(56-34-54-46-47(52-33-53-48(46)56)55-43(57)32-61-40-14-8-5-9-15-40)65-42(41)31-62-49(35-12-6-4-7-13-35,36-17-21-38(59-2)22-18-36)37-19-23-39(60-3)24-20-37/h4-25,33-34,41-42,45H,26-32H2,2-3H3,(H,52,53,55,57)/t41?,42-,45-,67?/m1/s1. The van der Waals surface area contributed by atoms with Gasteiger partial charge in [0.2, 0.25) is 6.54 Å². The number of anilines is 1. The maximum atomic E-state index is 14.7. The van der Waals surface area contributed by atoms with Crippen LogP contribution in [0.2, 0.25) is 0 Å². The molecule has 1 aliphatic heterocycles. The zero-order valence-corrected chi connectivity index (χ0v) is 40.1. The maximum Gasteiger partial charge on any atom is 0.475 e. The van der Waals surface area contributed by atoms with Gasteiger partial charge in [0.25, 0.3) is 5.91 Å². The molecule has 0 aliphatic carbocycles. The second kappa shape index (κ2) is 23.8. The van der Waals surface area contributed by atoms with Crippen molar-refractivity contribution in [1.82, 2.24) is 24.5 Å². The third-order valence-corrected chi connectivity index (χ3v) is 14.5. The summed E-state index contributed by atoms with van der Waals surface area (Å²) in [6.45, 7) is 6.71. The molecule has 1 amide bonds. The molecule has 0 bridgehead atoms. The highest BCUT2D eigenvalue weighted by atomic mass is 33.1. The number of amides is 1. The molecule has 69 heavy (non-hydrogen) atoms. The first-order valence-electron chi connectivity index (χ1n) is 21.7. The number of carbonyl (C=O) groups excluding carboxylic acids is 1. The van der Waals surface area contributed by atoms with E-state index in [4.69, 9.17) is 43.8 Å². The molecule has 4 atom stereocenters. The number of nitrogens with one attached hydrogen (secondary N) is 1. The lowest BCUT2D eigenvalue weighted by Gasteiger charge is -2.37. The normalized spacial score (nSPS) is 16.6. The largest absolute Gasteiger partial charge is 0.497 e. The van der Waals surface area contributed by atoms with Crippen LogP contribution in [0.1, 0.15) is 29.3 Å². The molecule has 356 valence electrons. The zero-order valence-electron chi connectivity index (χ0n) is 37.6. The molecule has 17 nitrogen and oxygen atoms in total. The van der Waals surface area contributed by atoms with E-state index in [0.29, 0.717) is 34.2 Å². The summed E-state index contributed by atoms with van der Waals surface area (Å²) in [4.78, 5) is 34.2. The van der Waals surface area contributed by atoms with E-state index in [1.807, 2.05) is 115 Å². The third-order valence-electron chi connectivity index (χ3n) is 10.8. The molecule has 20 heteroatoms. The predicted molar refractivity (Wildman–Crippen MR) is 261 cm³/mol. The zero-order chi connectivity index (χ0) is 47.9. The lowest BCUT2D eigenvalue weighted by molar-refractivity contribution is -0.118. The molecule has 0 spiro atoms. The molecular weight excluding hydrogens is 942 g/mol. The van der Waals surface area contributed by atoms with Gasteiger partial charge < -0.3 is 33.8 Å². The molecule has 1 fully saturated rings. The number of hydrogen-bond donors (Lipinski definition) is 1. The Hall–Kier alpha value is -6.33. The average molecular weight is 990 g/mol. The first-order valence-corrected chi connectivity index (χ1v) is 25.5. The molecular formula is C49H48N7O10PS2. The number of carbonyl (C=O) groups is 1. The van der Waals surface area contributed by atoms with Crippen LogP contribution in [0.5, 0.6) is 17.2 Å². The number of fused-ring (bicyclic) bond motifs is 1. The van der Waals surface area contributed by atoms with Gasteiger partial charge in [0.05, 0.1) is 33.8 Å². The summed E-state index contributed by atoms with van der Waals surface area (Å²) in [6.07, 6.45) is 1.94. The fraction of sp³-hybridized carbons (Fsp3) is 0.265. The highest BCUT2D eigenvalue weighted by Gasteiger charge is 2.46. The van der Waals surface area contributed by atoms with Gasteiger partial charge in [-0.15, -0.1) is 0 Å². The fourth-order valence-corrected chi connectivity index (χ4v) is 10.7. The number of ether oxygens (including phenoxy) is 5. The van der Waals surface area contributed by atoms with Gasteiger partial charge in [0.1, 0.15) is 59.2 Å². The number of benzene rings is 4. The molecule has 0 saturated carbocycles. The van der Waals surface area contributed by atoms with Crippen LogP contribution in [0.25, 0.3) is 16.0 Å². The summed E-state index contributed by atoms with van der Waals surface area (Å²) < 4.78 is 65.4. The Labute approximate surface area is 407 Å². The van der Waals surface area contributed by atoms with E-state index in [2.05, 4.69) is 30.1 Å². The van der Waals surface area contributed by atoms with Gasteiger partial charge >= 0.3 is 7.82 Å². The molecule has 4 heterocycles. The number of nitrogens with zero attached hydrogens (tertiary/aromatic N) is 6. The van der Waals surface area contributed by atoms with Crippen molar-refractivity contribution in [2.75, 3.05) is 58.3 Å². The molecule has 3 aromatic heterocycles.